The van der Waals surface area contributed by atoms with Gasteiger partial charge in [0.2, 0.25) is 11.8 Å². The van der Waals surface area contributed by atoms with Crippen molar-refractivity contribution in [1.82, 2.24) is 5.32 Å². The van der Waals surface area contributed by atoms with Crippen LogP contribution in [0, 0.1) is 5.92 Å². The van der Waals surface area contributed by atoms with Crippen LogP contribution in [0.3, 0.4) is 0 Å². The van der Waals surface area contributed by atoms with E-state index in [4.69, 9.17) is 11.6 Å². The van der Waals surface area contributed by atoms with Gasteiger partial charge in [-0.25, -0.2) is 0 Å². The summed E-state index contributed by atoms with van der Waals surface area (Å²) in [7, 11) is 0. The molecule has 1 atom stereocenters. The first kappa shape index (κ1) is 18.3. The molecule has 5 nitrogen and oxygen atoms in total. The van der Waals surface area contributed by atoms with Gasteiger partial charge in [-0.2, -0.15) is 0 Å². The van der Waals surface area contributed by atoms with Gasteiger partial charge in [0.15, 0.2) is 0 Å². The summed E-state index contributed by atoms with van der Waals surface area (Å²) >= 11 is 5.99. The predicted molar refractivity (Wildman–Crippen MR) is 104 cm³/mol. The molecule has 3 rings (SSSR count). The van der Waals surface area contributed by atoms with Crippen molar-refractivity contribution >= 4 is 34.8 Å². The van der Waals surface area contributed by atoms with Gasteiger partial charge in [-0.15, -0.1) is 0 Å². The Morgan fingerprint density at radius 3 is 2.69 bits per heavy atom. The van der Waals surface area contributed by atoms with Crippen LogP contribution in [-0.4, -0.2) is 31.4 Å². The van der Waals surface area contributed by atoms with Crippen LogP contribution in [-0.2, 0) is 9.59 Å². The van der Waals surface area contributed by atoms with E-state index in [1.54, 1.807) is 23.1 Å². The van der Waals surface area contributed by atoms with Crippen molar-refractivity contribution in [3.63, 3.8) is 0 Å². The molecule has 1 aliphatic rings. The van der Waals surface area contributed by atoms with E-state index in [9.17, 15) is 9.59 Å². The molecule has 0 aromatic heterocycles. The molecular weight excluding hydrogens is 350 g/mol. The zero-order valence-corrected chi connectivity index (χ0v) is 15.2. The lowest BCUT2D eigenvalue weighted by molar-refractivity contribution is -0.126. The Bertz CT molecular complexity index is 767. The number of hydrogen-bond donors (Lipinski definition) is 2. The fraction of sp³-hybridized carbons (Fsp3) is 0.300. The van der Waals surface area contributed by atoms with Crippen molar-refractivity contribution in [2.45, 2.75) is 12.8 Å². The van der Waals surface area contributed by atoms with E-state index in [0.717, 1.165) is 24.3 Å². The van der Waals surface area contributed by atoms with E-state index in [2.05, 4.69) is 10.6 Å². The van der Waals surface area contributed by atoms with E-state index < -0.39 is 0 Å². The molecule has 0 radical (unpaired) electrons. The van der Waals surface area contributed by atoms with E-state index in [1.807, 2.05) is 36.4 Å². The molecule has 0 bridgehead atoms. The number of carbonyl (C=O) groups excluding carboxylic acids is 2. The van der Waals surface area contributed by atoms with Crippen LogP contribution in [0.5, 0.6) is 0 Å². The minimum absolute atomic E-state index is 0.0434. The first-order valence-electron chi connectivity index (χ1n) is 8.76. The minimum atomic E-state index is -0.316. The van der Waals surface area contributed by atoms with Crippen LogP contribution >= 0.6 is 11.6 Å². The average molecular weight is 372 g/mol. The third-order valence-electron chi connectivity index (χ3n) is 4.37. The highest BCUT2D eigenvalue weighted by Gasteiger charge is 2.34. The summed E-state index contributed by atoms with van der Waals surface area (Å²) in [6.45, 7) is 1.76. The molecule has 26 heavy (non-hydrogen) atoms. The van der Waals surface area contributed by atoms with Crippen LogP contribution in [0.4, 0.5) is 11.4 Å². The highest BCUT2D eigenvalue weighted by atomic mass is 35.5. The highest BCUT2D eigenvalue weighted by molar-refractivity contribution is 6.31. The number of rotatable bonds is 7. The molecular formula is C20H22ClN3O2. The van der Waals surface area contributed by atoms with Crippen molar-refractivity contribution in [3.8, 4) is 0 Å². The maximum atomic E-state index is 12.3. The Morgan fingerprint density at radius 2 is 1.92 bits per heavy atom. The number of anilines is 2. The molecule has 2 aromatic carbocycles. The molecule has 0 spiro atoms. The van der Waals surface area contributed by atoms with Gasteiger partial charge in [0.05, 0.1) is 5.92 Å². The molecule has 2 aromatic rings. The zero-order valence-electron chi connectivity index (χ0n) is 14.5. The average Bonchev–Trinajstić information content (AvgIpc) is 3.04. The SMILES string of the molecule is O=C(NCCCNc1ccccc1)C1CC(=O)N(c2cccc(Cl)c2)C1. The molecule has 1 unspecified atom stereocenters. The fourth-order valence-electron chi connectivity index (χ4n) is 3.01. The first-order valence-corrected chi connectivity index (χ1v) is 9.14. The largest absolute Gasteiger partial charge is 0.385 e. The van der Waals surface area contributed by atoms with E-state index in [1.165, 1.54) is 0 Å². The number of nitrogens with zero attached hydrogens (tertiary/aromatic N) is 1. The second-order valence-corrected chi connectivity index (χ2v) is 6.76. The summed E-state index contributed by atoms with van der Waals surface area (Å²) in [6, 6.07) is 17.1. The molecule has 6 heteroatoms. The summed E-state index contributed by atoms with van der Waals surface area (Å²) in [6.07, 6.45) is 1.06. The number of benzene rings is 2. The topological polar surface area (TPSA) is 61.4 Å². The lowest BCUT2D eigenvalue weighted by Crippen LogP contribution is -2.34. The fourth-order valence-corrected chi connectivity index (χ4v) is 3.19. The van der Waals surface area contributed by atoms with E-state index >= 15 is 0 Å². The summed E-state index contributed by atoms with van der Waals surface area (Å²) in [5.41, 5.74) is 1.81. The van der Waals surface area contributed by atoms with Crippen LogP contribution < -0.4 is 15.5 Å². The Kier molecular flexibility index (Phi) is 6.12. The van der Waals surface area contributed by atoms with Crippen LogP contribution in [0.1, 0.15) is 12.8 Å². The molecule has 1 saturated heterocycles. The predicted octanol–water partition coefficient (Wildman–Crippen LogP) is 3.31. The minimum Gasteiger partial charge on any atom is -0.385 e. The molecule has 0 aliphatic carbocycles. The Morgan fingerprint density at radius 1 is 1.12 bits per heavy atom. The summed E-state index contributed by atoms with van der Waals surface area (Å²) in [5, 5.41) is 6.81. The summed E-state index contributed by atoms with van der Waals surface area (Å²) < 4.78 is 0. The Balaban J connectivity index is 1.42. The molecule has 2 amide bonds. The Hall–Kier alpha value is -2.53. The van der Waals surface area contributed by atoms with Crippen LogP contribution in [0.15, 0.2) is 54.6 Å². The van der Waals surface area contributed by atoms with Crippen molar-refractivity contribution in [1.29, 1.82) is 0 Å². The maximum Gasteiger partial charge on any atom is 0.227 e. The zero-order chi connectivity index (χ0) is 18.4. The second kappa shape index (κ2) is 8.72. The smallest absolute Gasteiger partial charge is 0.227 e. The molecule has 136 valence electrons. The van der Waals surface area contributed by atoms with E-state index in [0.29, 0.717) is 18.1 Å². The van der Waals surface area contributed by atoms with Crippen molar-refractivity contribution in [2.24, 2.45) is 5.92 Å². The molecule has 1 fully saturated rings. The monoisotopic (exact) mass is 371 g/mol. The van der Waals surface area contributed by atoms with Gasteiger partial charge in [0.1, 0.15) is 0 Å². The van der Waals surface area contributed by atoms with Gasteiger partial charge in [0.25, 0.3) is 0 Å². The lowest BCUT2D eigenvalue weighted by Gasteiger charge is -2.17. The normalized spacial score (nSPS) is 16.6. The molecule has 0 saturated carbocycles. The second-order valence-electron chi connectivity index (χ2n) is 6.32. The summed E-state index contributed by atoms with van der Waals surface area (Å²) in [4.78, 5) is 26.2. The first-order chi connectivity index (χ1) is 12.6. The van der Waals surface area contributed by atoms with Crippen LogP contribution in [0.2, 0.25) is 5.02 Å². The van der Waals surface area contributed by atoms with Gasteiger partial charge in [0, 0.05) is 42.5 Å². The Labute approximate surface area is 158 Å². The maximum absolute atomic E-state index is 12.3. The standard InChI is InChI=1S/C20H22ClN3O2/c21-16-6-4-9-18(13-16)24-14-15(12-19(24)25)20(26)23-11-5-10-22-17-7-2-1-3-8-17/h1-4,6-9,13,15,22H,5,10-12,14H2,(H,23,26). The quantitative estimate of drug-likeness (QED) is 0.734. The van der Waals surface area contributed by atoms with Gasteiger partial charge >= 0.3 is 0 Å². The van der Waals surface area contributed by atoms with Crippen molar-refractivity contribution in [3.05, 3.63) is 59.6 Å². The van der Waals surface area contributed by atoms with Gasteiger partial charge in [-0.3, -0.25) is 9.59 Å². The molecule has 2 N–H and O–H groups in total. The van der Waals surface area contributed by atoms with Gasteiger partial charge < -0.3 is 15.5 Å². The van der Waals surface area contributed by atoms with E-state index in [-0.39, 0.29) is 24.2 Å². The van der Waals surface area contributed by atoms with Crippen LogP contribution in [0.25, 0.3) is 0 Å². The number of halogens is 1. The number of para-hydroxylation sites is 1. The van der Waals surface area contributed by atoms with Gasteiger partial charge in [-0.1, -0.05) is 35.9 Å². The van der Waals surface area contributed by atoms with Crippen molar-refractivity contribution in [2.75, 3.05) is 29.9 Å². The number of carbonyl (C=O) groups is 2. The van der Waals surface area contributed by atoms with Gasteiger partial charge in [-0.05, 0) is 36.8 Å². The lowest BCUT2D eigenvalue weighted by atomic mass is 10.1. The van der Waals surface area contributed by atoms with Crippen molar-refractivity contribution < 1.29 is 9.59 Å². The third kappa shape index (κ3) is 4.76. The molecule has 1 heterocycles. The third-order valence-corrected chi connectivity index (χ3v) is 4.61. The number of hydrogen-bond acceptors (Lipinski definition) is 3. The highest BCUT2D eigenvalue weighted by Crippen LogP contribution is 2.27. The molecule has 1 aliphatic heterocycles. The number of nitrogens with one attached hydrogen (secondary N) is 2. The number of amides is 2. The summed E-state index contributed by atoms with van der Waals surface area (Å²) in [5.74, 6) is -0.427.